The van der Waals surface area contributed by atoms with E-state index in [0.29, 0.717) is 5.56 Å². The topological polar surface area (TPSA) is 49.7 Å². The van der Waals surface area contributed by atoms with Gasteiger partial charge in [0, 0.05) is 16.3 Å². The van der Waals surface area contributed by atoms with Crippen molar-refractivity contribution in [1.29, 1.82) is 0 Å². The van der Waals surface area contributed by atoms with Crippen LogP contribution in [0.3, 0.4) is 0 Å². The third-order valence-corrected chi connectivity index (χ3v) is 2.90. The van der Waals surface area contributed by atoms with E-state index >= 15 is 0 Å². The number of halogens is 1. The Bertz CT molecular complexity index is 591. The third-order valence-electron chi connectivity index (χ3n) is 2.37. The van der Waals surface area contributed by atoms with Crippen LogP contribution in [0.2, 0.25) is 0 Å². The van der Waals surface area contributed by atoms with E-state index in [9.17, 15) is 4.79 Å². The second-order valence-electron chi connectivity index (χ2n) is 3.63. The Labute approximate surface area is 113 Å². The molecule has 0 spiro atoms. The van der Waals surface area contributed by atoms with Crippen molar-refractivity contribution in [2.75, 3.05) is 0 Å². The number of carboxylic acid groups (broad SMARTS) is 1. The minimum absolute atomic E-state index is 0.248. The number of hydrogen-bond acceptors (Lipinski definition) is 2. The molecule has 90 valence electrons. The molecule has 0 bridgehead atoms. The summed E-state index contributed by atoms with van der Waals surface area (Å²) in [6.07, 6.45) is 1.56. The Morgan fingerprint density at radius 2 is 1.78 bits per heavy atom. The molecule has 3 nitrogen and oxygen atoms in total. The summed E-state index contributed by atoms with van der Waals surface area (Å²) in [5, 5.41) is 9.03. The first-order valence-corrected chi connectivity index (χ1v) is 6.08. The number of benzene rings is 2. The van der Waals surface area contributed by atoms with Crippen molar-refractivity contribution in [3.8, 4) is 0 Å². The molecule has 0 amide bonds. The fraction of sp³-hybridized carbons (Fsp3) is 0. The highest BCUT2D eigenvalue weighted by Gasteiger charge is 2.06. The van der Waals surface area contributed by atoms with E-state index < -0.39 is 5.97 Å². The highest BCUT2D eigenvalue weighted by molar-refractivity contribution is 9.10. The lowest BCUT2D eigenvalue weighted by molar-refractivity contribution is 0.0697. The molecule has 2 aromatic carbocycles. The molecule has 0 atom stereocenters. The summed E-state index contributed by atoms with van der Waals surface area (Å²) in [6.45, 7) is 0. The number of nitrogens with zero attached hydrogens (tertiary/aromatic N) is 1. The molecule has 0 fully saturated rings. The van der Waals surface area contributed by atoms with Gasteiger partial charge in [-0.25, -0.2) is 4.79 Å². The van der Waals surface area contributed by atoms with Crippen molar-refractivity contribution in [3.63, 3.8) is 0 Å². The molecule has 18 heavy (non-hydrogen) atoms. The van der Waals surface area contributed by atoms with Gasteiger partial charge >= 0.3 is 5.97 Å². The van der Waals surface area contributed by atoms with Gasteiger partial charge < -0.3 is 5.11 Å². The van der Waals surface area contributed by atoms with Crippen molar-refractivity contribution < 1.29 is 9.90 Å². The van der Waals surface area contributed by atoms with E-state index in [1.54, 1.807) is 30.5 Å². The van der Waals surface area contributed by atoms with Gasteiger partial charge in [0.25, 0.3) is 0 Å². The van der Waals surface area contributed by atoms with Gasteiger partial charge in [-0.1, -0.05) is 34.1 Å². The number of carbonyl (C=O) groups is 1. The van der Waals surface area contributed by atoms with Crippen LogP contribution < -0.4 is 0 Å². The molecular formula is C14H10BrNO2. The molecule has 0 aliphatic rings. The first-order valence-electron chi connectivity index (χ1n) is 5.29. The minimum Gasteiger partial charge on any atom is -0.478 e. The monoisotopic (exact) mass is 303 g/mol. The molecule has 0 heterocycles. The number of carboxylic acids is 1. The van der Waals surface area contributed by atoms with E-state index in [-0.39, 0.29) is 5.56 Å². The predicted molar refractivity (Wildman–Crippen MR) is 74.8 cm³/mol. The lowest BCUT2D eigenvalue weighted by atomic mass is 10.1. The highest BCUT2D eigenvalue weighted by atomic mass is 79.9. The van der Waals surface area contributed by atoms with Gasteiger partial charge in [0.15, 0.2) is 0 Å². The van der Waals surface area contributed by atoms with Crippen LogP contribution in [0.1, 0.15) is 15.9 Å². The molecular weight excluding hydrogens is 294 g/mol. The zero-order valence-corrected chi connectivity index (χ0v) is 11.0. The van der Waals surface area contributed by atoms with Gasteiger partial charge in [-0.05, 0) is 30.3 Å². The van der Waals surface area contributed by atoms with Crippen LogP contribution in [0, 0.1) is 0 Å². The van der Waals surface area contributed by atoms with Crippen LogP contribution in [0.5, 0.6) is 0 Å². The quantitative estimate of drug-likeness (QED) is 0.874. The van der Waals surface area contributed by atoms with Crippen LogP contribution in [0.15, 0.2) is 58.0 Å². The summed E-state index contributed by atoms with van der Waals surface area (Å²) >= 11 is 3.34. The zero-order valence-electron chi connectivity index (χ0n) is 9.38. The molecule has 0 saturated heterocycles. The summed E-state index contributed by atoms with van der Waals surface area (Å²) < 4.78 is 0.979. The first-order chi connectivity index (χ1) is 8.66. The van der Waals surface area contributed by atoms with Gasteiger partial charge in [0.2, 0.25) is 0 Å². The average Bonchev–Trinajstić information content (AvgIpc) is 2.38. The van der Waals surface area contributed by atoms with Crippen molar-refractivity contribution >= 4 is 33.8 Å². The first kappa shape index (κ1) is 12.5. The minimum atomic E-state index is -0.951. The summed E-state index contributed by atoms with van der Waals surface area (Å²) in [5.41, 5.74) is 1.62. The maximum Gasteiger partial charge on any atom is 0.336 e. The molecule has 0 radical (unpaired) electrons. The summed E-state index contributed by atoms with van der Waals surface area (Å²) in [4.78, 5) is 15.3. The maximum absolute atomic E-state index is 11.0. The smallest absolute Gasteiger partial charge is 0.336 e. The van der Waals surface area contributed by atoms with Crippen molar-refractivity contribution in [2.45, 2.75) is 0 Å². The summed E-state index contributed by atoms with van der Waals surface area (Å²) in [6, 6.07) is 14.2. The van der Waals surface area contributed by atoms with Crippen LogP contribution in [0.4, 0.5) is 5.69 Å². The number of aliphatic imine (C=N–C) groups is 1. The second-order valence-corrected chi connectivity index (χ2v) is 4.54. The normalized spacial score (nSPS) is 10.7. The highest BCUT2D eigenvalue weighted by Crippen LogP contribution is 2.17. The fourth-order valence-corrected chi connectivity index (χ4v) is 1.74. The van der Waals surface area contributed by atoms with Gasteiger partial charge in [-0.3, -0.25) is 4.99 Å². The van der Waals surface area contributed by atoms with Crippen LogP contribution >= 0.6 is 15.9 Å². The number of rotatable bonds is 3. The van der Waals surface area contributed by atoms with E-state index in [0.717, 1.165) is 10.2 Å². The fourth-order valence-electron chi connectivity index (χ4n) is 1.48. The number of aromatic carboxylic acids is 1. The molecule has 2 aromatic rings. The van der Waals surface area contributed by atoms with Crippen molar-refractivity contribution in [1.82, 2.24) is 0 Å². The Hall–Kier alpha value is -1.94. The molecule has 0 unspecified atom stereocenters. The van der Waals surface area contributed by atoms with Crippen LogP contribution in [0.25, 0.3) is 0 Å². The Balaban J connectivity index is 2.29. The van der Waals surface area contributed by atoms with Crippen LogP contribution in [-0.4, -0.2) is 17.3 Å². The van der Waals surface area contributed by atoms with E-state index in [1.807, 2.05) is 24.3 Å². The molecule has 0 aromatic heterocycles. The Morgan fingerprint density at radius 3 is 2.44 bits per heavy atom. The van der Waals surface area contributed by atoms with Gasteiger partial charge in [0.1, 0.15) is 0 Å². The lowest BCUT2D eigenvalue weighted by Crippen LogP contribution is -2.00. The van der Waals surface area contributed by atoms with Crippen molar-refractivity contribution in [2.24, 2.45) is 4.99 Å². The van der Waals surface area contributed by atoms with E-state index in [4.69, 9.17) is 5.11 Å². The molecule has 2 rings (SSSR count). The second kappa shape index (κ2) is 5.60. The number of hydrogen-bond donors (Lipinski definition) is 1. The Kier molecular flexibility index (Phi) is 3.89. The SMILES string of the molecule is O=C(O)c1ccccc1/C=N\c1ccc(Br)cc1. The predicted octanol–water partition coefficient (Wildman–Crippen LogP) is 3.90. The molecule has 1 N–H and O–H groups in total. The van der Waals surface area contributed by atoms with Crippen LogP contribution in [-0.2, 0) is 0 Å². The summed E-state index contributed by atoms with van der Waals surface area (Å²) in [5.74, 6) is -0.951. The average molecular weight is 304 g/mol. The zero-order chi connectivity index (χ0) is 13.0. The third kappa shape index (κ3) is 3.05. The standard InChI is InChI=1S/C14H10BrNO2/c15-11-5-7-12(8-6-11)16-9-10-3-1-2-4-13(10)14(17)18/h1-9H,(H,17,18)/b16-9-. The molecule has 0 aliphatic heterocycles. The molecule has 0 aliphatic carbocycles. The van der Waals surface area contributed by atoms with Gasteiger partial charge in [-0.15, -0.1) is 0 Å². The van der Waals surface area contributed by atoms with Gasteiger partial charge in [-0.2, -0.15) is 0 Å². The van der Waals surface area contributed by atoms with E-state index in [2.05, 4.69) is 20.9 Å². The van der Waals surface area contributed by atoms with Gasteiger partial charge in [0.05, 0.1) is 11.3 Å². The Morgan fingerprint density at radius 1 is 1.11 bits per heavy atom. The lowest BCUT2D eigenvalue weighted by Gasteiger charge is -1.99. The summed E-state index contributed by atoms with van der Waals surface area (Å²) in [7, 11) is 0. The molecule has 0 saturated carbocycles. The largest absolute Gasteiger partial charge is 0.478 e. The van der Waals surface area contributed by atoms with E-state index in [1.165, 1.54) is 0 Å². The maximum atomic E-state index is 11.0. The van der Waals surface area contributed by atoms with Crippen molar-refractivity contribution in [3.05, 3.63) is 64.1 Å². The molecule has 4 heteroatoms.